The van der Waals surface area contributed by atoms with Gasteiger partial charge in [-0.05, 0) is 42.4 Å². The van der Waals surface area contributed by atoms with E-state index in [9.17, 15) is 14.7 Å². The van der Waals surface area contributed by atoms with Crippen molar-refractivity contribution < 1.29 is 19.4 Å². The summed E-state index contributed by atoms with van der Waals surface area (Å²) in [6.07, 6.45) is 4.54. The third kappa shape index (κ3) is 2.60. The van der Waals surface area contributed by atoms with Crippen LogP contribution in [-0.4, -0.2) is 29.1 Å². The molecule has 4 nitrogen and oxygen atoms in total. The Labute approximate surface area is 156 Å². The lowest BCUT2D eigenvalue weighted by Crippen LogP contribution is -2.56. The number of aliphatic hydroxyl groups is 1. The number of fused-ring (bicyclic) bond motifs is 2. The van der Waals surface area contributed by atoms with Crippen molar-refractivity contribution in [3.8, 4) is 0 Å². The first-order valence-corrected chi connectivity index (χ1v) is 9.73. The molecule has 0 radical (unpaired) electrons. The molecule has 0 saturated heterocycles. The smallest absolute Gasteiger partial charge is 0.303 e. The molecule has 3 aliphatic rings. The number of hydrogen-bond donors (Lipinski definition) is 1. The van der Waals surface area contributed by atoms with E-state index in [4.69, 9.17) is 4.74 Å². The monoisotopic (exact) mass is 360 g/mol. The molecular weight excluding hydrogens is 328 g/mol. The van der Waals surface area contributed by atoms with Gasteiger partial charge in [-0.1, -0.05) is 39.3 Å². The normalized spacial score (nSPS) is 41.9. The topological polar surface area (TPSA) is 63.6 Å². The van der Waals surface area contributed by atoms with Gasteiger partial charge in [0.25, 0.3) is 0 Å². The van der Waals surface area contributed by atoms with E-state index in [1.54, 1.807) is 0 Å². The quantitative estimate of drug-likeness (QED) is 0.598. The maximum atomic E-state index is 13.3. The largest absolute Gasteiger partial charge is 0.457 e. The van der Waals surface area contributed by atoms with Gasteiger partial charge in [-0.15, -0.1) is 6.58 Å². The summed E-state index contributed by atoms with van der Waals surface area (Å²) >= 11 is 0. The number of ether oxygens (including phenoxy) is 1. The van der Waals surface area contributed by atoms with Crippen LogP contribution in [-0.2, 0) is 14.3 Å². The van der Waals surface area contributed by atoms with E-state index < -0.39 is 11.5 Å². The van der Waals surface area contributed by atoms with Crippen molar-refractivity contribution in [3.05, 3.63) is 23.8 Å². The van der Waals surface area contributed by atoms with E-state index >= 15 is 0 Å². The zero-order chi connectivity index (χ0) is 19.5. The molecular formula is C22H32O4. The second kappa shape index (κ2) is 6.05. The van der Waals surface area contributed by atoms with Crippen LogP contribution in [0.25, 0.3) is 0 Å². The summed E-state index contributed by atoms with van der Waals surface area (Å²) in [7, 11) is 0. The van der Waals surface area contributed by atoms with Crippen molar-refractivity contribution in [1.82, 2.24) is 0 Å². The van der Waals surface area contributed by atoms with Crippen LogP contribution in [0.1, 0.15) is 66.7 Å². The Morgan fingerprint density at radius 1 is 1.27 bits per heavy atom. The predicted molar refractivity (Wildman–Crippen MR) is 100 cm³/mol. The van der Waals surface area contributed by atoms with Crippen LogP contribution < -0.4 is 0 Å². The Bertz CT molecular complexity index is 688. The third-order valence-electron chi connectivity index (χ3n) is 7.69. The molecule has 0 aromatic carbocycles. The fourth-order valence-electron chi connectivity index (χ4n) is 5.81. The maximum absolute atomic E-state index is 13.3. The molecule has 1 N–H and O–H groups in total. The molecule has 0 unspecified atom stereocenters. The minimum absolute atomic E-state index is 0.0728. The molecule has 0 bridgehead atoms. The molecule has 0 aromatic rings. The first-order valence-electron chi connectivity index (χ1n) is 9.73. The van der Waals surface area contributed by atoms with Crippen LogP contribution in [0.5, 0.6) is 0 Å². The summed E-state index contributed by atoms with van der Waals surface area (Å²) in [5.74, 6) is -0.184. The minimum atomic E-state index is -0.554. The van der Waals surface area contributed by atoms with Crippen molar-refractivity contribution in [3.63, 3.8) is 0 Å². The predicted octanol–water partition coefficient (Wildman–Crippen LogP) is 3.98. The van der Waals surface area contributed by atoms with Crippen LogP contribution >= 0.6 is 0 Å². The molecule has 26 heavy (non-hydrogen) atoms. The maximum Gasteiger partial charge on any atom is 0.303 e. The highest BCUT2D eigenvalue weighted by Gasteiger charge is 2.59. The number of esters is 1. The van der Waals surface area contributed by atoms with Gasteiger partial charge in [0, 0.05) is 24.3 Å². The SMILES string of the molecule is C=C[C@@]1(C)CCC2=C(C(=O)C[C@H]3C(C)(C)[C@@H](O)CC[C@]23C)[C@H]1OC(C)=O. The number of Topliss-reactive ketones (excluding diaryl/α,β-unsaturated/α-hetero) is 1. The summed E-state index contributed by atoms with van der Waals surface area (Å²) in [5, 5.41) is 10.6. The molecule has 0 aliphatic heterocycles. The Balaban J connectivity index is 2.16. The summed E-state index contributed by atoms with van der Waals surface area (Å²) in [6.45, 7) is 13.8. The Hall–Kier alpha value is -1.42. The van der Waals surface area contributed by atoms with E-state index in [2.05, 4.69) is 27.4 Å². The molecule has 0 amide bonds. The van der Waals surface area contributed by atoms with Crippen LogP contribution in [0.15, 0.2) is 23.8 Å². The van der Waals surface area contributed by atoms with E-state index in [1.807, 2.05) is 13.0 Å². The summed E-state index contributed by atoms with van der Waals surface area (Å²) in [4.78, 5) is 25.0. The first kappa shape index (κ1) is 19.3. The Kier molecular flexibility index (Phi) is 4.50. The van der Waals surface area contributed by atoms with Gasteiger partial charge in [-0.3, -0.25) is 9.59 Å². The molecule has 0 aromatic heterocycles. The molecule has 1 fully saturated rings. The molecule has 3 rings (SSSR count). The van der Waals surface area contributed by atoms with Crippen molar-refractivity contribution in [2.24, 2.45) is 22.2 Å². The summed E-state index contributed by atoms with van der Waals surface area (Å²) < 4.78 is 5.70. The van der Waals surface area contributed by atoms with Gasteiger partial charge in [-0.2, -0.15) is 0 Å². The molecule has 0 heterocycles. The molecule has 3 aliphatic carbocycles. The summed E-state index contributed by atoms with van der Waals surface area (Å²) in [5.41, 5.74) is 1.00. The van der Waals surface area contributed by atoms with E-state index in [0.29, 0.717) is 12.0 Å². The van der Waals surface area contributed by atoms with Crippen molar-refractivity contribution >= 4 is 11.8 Å². The van der Waals surface area contributed by atoms with Crippen LogP contribution in [0.2, 0.25) is 0 Å². The van der Waals surface area contributed by atoms with Crippen molar-refractivity contribution in [2.45, 2.75) is 78.9 Å². The molecule has 0 spiro atoms. The van der Waals surface area contributed by atoms with Gasteiger partial charge >= 0.3 is 5.97 Å². The standard InChI is InChI=1S/C22H32O4/c1-7-21(5)10-8-14-18(19(21)26-13(2)23)15(24)12-16-20(3,4)17(25)9-11-22(14,16)6/h7,16-17,19,25H,1,8-12H2,2-6H3/t16-,17-,19+,21-,22+/m0/s1. The average Bonchev–Trinajstić information content (AvgIpc) is 2.56. The fraction of sp³-hybridized carbons (Fsp3) is 0.727. The average molecular weight is 360 g/mol. The van der Waals surface area contributed by atoms with Crippen LogP contribution in [0.4, 0.5) is 0 Å². The number of carbonyl (C=O) groups is 2. The third-order valence-corrected chi connectivity index (χ3v) is 7.69. The highest BCUT2D eigenvalue weighted by Crippen LogP contribution is 2.62. The van der Waals surface area contributed by atoms with Gasteiger partial charge in [0.05, 0.1) is 6.10 Å². The van der Waals surface area contributed by atoms with Crippen LogP contribution in [0.3, 0.4) is 0 Å². The number of hydrogen-bond acceptors (Lipinski definition) is 4. The second-order valence-electron chi connectivity index (χ2n) is 9.56. The zero-order valence-electron chi connectivity index (χ0n) is 16.7. The number of allylic oxidation sites excluding steroid dienone is 1. The van der Waals surface area contributed by atoms with E-state index in [0.717, 1.165) is 31.3 Å². The molecule has 144 valence electrons. The van der Waals surface area contributed by atoms with Crippen LogP contribution in [0, 0.1) is 22.2 Å². The lowest BCUT2D eigenvalue weighted by molar-refractivity contribution is -0.152. The van der Waals surface area contributed by atoms with Gasteiger partial charge in [0.15, 0.2) is 5.78 Å². The summed E-state index contributed by atoms with van der Waals surface area (Å²) in [6, 6.07) is 0. The van der Waals surface area contributed by atoms with E-state index in [1.165, 1.54) is 6.92 Å². The lowest BCUT2D eigenvalue weighted by atomic mass is 9.46. The minimum Gasteiger partial charge on any atom is -0.457 e. The number of carbonyl (C=O) groups excluding carboxylic acids is 2. The Morgan fingerprint density at radius 2 is 1.92 bits per heavy atom. The van der Waals surface area contributed by atoms with E-state index in [-0.39, 0.29) is 34.6 Å². The molecule has 4 heteroatoms. The highest BCUT2D eigenvalue weighted by atomic mass is 16.5. The number of rotatable bonds is 2. The molecule has 5 atom stereocenters. The Morgan fingerprint density at radius 3 is 2.50 bits per heavy atom. The zero-order valence-corrected chi connectivity index (χ0v) is 16.7. The van der Waals surface area contributed by atoms with Gasteiger partial charge in [0.1, 0.15) is 6.10 Å². The first-order chi connectivity index (χ1) is 12.0. The second-order valence-corrected chi connectivity index (χ2v) is 9.56. The number of ketones is 1. The fourth-order valence-corrected chi connectivity index (χ4v) is 5.81. The number of aliphatic hydroxyl groups excluding tert-OH is 1. The van der Waals surface area contributed by atoms with Gasteiger partial charge in [-0.25, -0.2) is 0 Å². The molecule has 1 saturated carbocycles. The van der Waals surface area contributed by atoms with Crippen molar-refractivity contribution in [1.29, 1.82) is 0 Å². The lowest BCUT2D eigenvalue weighted by Gasteiger charge is -2.58. The van der Waals surface area contributed by atoms with Gasteiger partial charge < -0.3 is 9.84 Å². The highest BCUT2D eigenvalue weighted by molar-refractivity contribution is 5.99. The van der Waals surface area contributed by atoms with Crippen molar-refractivity contribution in [2.75, 3.05) is 0 Å². The van der Waals surface area contributed by atoms with Gasteiger partial charge in [0.2, 0.25) is 0 Å².